The highest BCUT2D eigenvalue weighted by Gasteiger charge is 2.51. The number of unbranched alkanes of at least 4 members (excludes halogenated alkanes) is 3. The first-order chi connectivity index (χ1) is 22.6. The monoisotopic (exact) mass is 672 g/mol. The zero-order valence-corrected chi connectivity index (χ0v) is 31.3. The van der Waals surface area contributed by atoms with Gasteiger partial charge in [-0.3, -0.25) is 0 Å². The Kier molecular flexibility index (Phi) is 15.3. The van der Waals surface area contributed by atoms with E-state index in [1.165, 1.54) is 31.2 Å². The lowest BCUT2D eigenvalue weighted by molar-refractivity contribution is -0.201. The molecule has 0 bridgehead atoms. The van der Waals surface area contributed by atoms with E-state index in [-0.39, 0.29) is 41.7 Å². The predicted octanol–water partition coefficient (Wildman–Crippen LogP) is 9.53. The van der Waals surface area contributed by atoms with Crippen LogP contribution in [-0.4, -0.2) is 59.2 Å². The molecule has 3 aliphatic rings. The molecule has 0 radical (unpaired) electrons. The van der Waals surface area contributed by atoms with Gasteiger partial charge in [-0.1, -0.05) is 59.1 Å². The van der Waals surface area contributed by atoms with E-state index in [1.54, 1.807) is 0 Å². The van der Waals surface area contributed by atoms with Crippen molar-refractivity contribution in [1.82, 2.24) is 0 Å². The zero-order chi connectivity index (χ0) is 33.7. The molecule has 1 aromatic carbocycles. The van der Waals surface area contributed by atoms with Gasteiger partial charge in [0.1, 0.15) is 17.8 Å². The molecule has 47 heavy (non-hydrogen) atoms. The average molecular weight is 673 g/mol. The lowest BCUT2D eigenvalue weighted by Gasteiger charge is -2.40. The number of hydrogen-bond acceptors (Lipinski definition) is 7. The lowest BCUT2D eigenvalue weighted by Crippen LogP contribution is -2.45. The van der Waals surface area contributed by atoms with Crippen LogP contribution in [0.5, 0.6) is 5.75 Å². The van der Waals surface area contributed by atoms with Crippen LogP contribution in [0.15, 0.2) is 36.1 Å². The molecule has 4 rings (SSSR count). The third-order valence-electron chi connectivity index (χ3n) is 10.6. The van der Waals surface area contributed by atoms with Crippen LogP contribution in [0.2, 0.25) is 18.1 Å². The van der Waals surface area contributed by atoms with Crippen molar-refractivity contribution in [2.75, 3.05) is 19.8 Å². The molecule has 1 aromatic rings. The van der Waals surface area contributed by atoms with Crippen molar-refractivity contribution in [3.05, 3.63) is 41.7 Å². The van der Waals surface area contributed by atoms with Gasteiger partial charge in [-0.25, -0.2) is 0 Å². The molecule has 2 aliphatic heterocycles. The molecule has 3 fully saturated rings. The fourth-order valence-corrected chi connectivity index (χ4v) is 8.23. The summed E-state index contributed by atoms with van der Waals surface area (Å²) >= 11 is 0. The number of hydrogen-bond donors (Lipinski definition) is 0. The van der Waals surface area contributed by atoms with Crippen molar-refractivity contribution >= 4 is 14.6 Å². The molecule has 8 heteroatoms. The van der Waals surface area contributed by atoms with Gasteiger partial charge in [0.05, 0.1) is 25.4 Å². The van der Waals surface area contributed by atoms with Crippen LogP contribution in [0.4, 0.5) is 0 Å². The molecule has 1 saturated carbocycles. The van der Waals surface area contributed by atoms with E-state index < -0.39 is 8.32 Å². The highest BCUT2D eigenvalue weighted by atomic mass is 28.4. The number of aldehydes is 1. The van der Waals surface area contributed by atoms with Crippen LogP contribution < -0.4 is 4.74 Å². The Morgan fingerprint density at radius 1 is 0.979 bits per heavy atom. The molecule has 2 unspecified atom stereocenters. The molecular formula is C39H64O7Si. The highest BCUT2D eigenvalue weighted by molar-refractivity contribution is 6.74. The van der Waals surface area contributed by atoms with Gasteiger partial charge in [0.25, 0.3) is 0 Å². The predicted molar refractivity (Wildman–Crippen MR) is 190 cm³/mol. The summed E-state index contributed by atoms with van der Waals surface area (Å²) in [6.45, 7) is 15.6. The standard InChI is InChI=1S/C39H64O7Si/c1-7-8-9-10-17-30-18-15-19-31(28-30)41-27-16-20-33(44-36-21-11-13-25-42-36)38-32(23-24-40)34(46-47(5,6)39(2,3)4)29-35(38)45-37-22-12-14-26-43-37/h15,18-20,24,28,32,34-38H,7-14,16-17,21-23,25-27,29H2,1-6H3/b33-20+/t32-,34-,35+,36?,37?,38+/m1/s1. The fourth-order valence-electron chi connectivity index (χ4n) is 6.85. The normalized spacial score (nSPS) is 27.5. The summed E-state index contributed by atoms with van der Waals surface area (Å²) in [5.74, 6) is 1.55. The maximum atomic E-state index is 12.3. The maximum absolute atomic E-state index is 12.3. The van der Waals surface area contributed by atoms with Crippen molar-refractivity contribution in [2.24, 2.45) is 11.8 Å². The summed E-state index contributed by atoms with van der Waals surface area (Å²) < 4.78 is 39.0. The number of rotatable bonds is 18. The van der Waals surface area contributed by atoms with E-state index in [0.29, 0.717) is 32.5 Å². The first-order valence-electron chi connectivity index (χ1n) is 18.7. The summed E-state index contributed by atoms with van der Waals surface area (Å²) in [4.78, 5) is 12.3. The van der Waals surface area contributed by atoms with Gasteiger partial charge in [-0.15, -0.1) is 0 Å². The Morgan fingerprint density at radius 3 is 2.38 bits per heavy atom. The third-order valence-corrected chi connectivity index (χ3v) is 15.1. The van der Waals surface area contributed by atoms with E-state index in [2.05, 4.69) is 65.1 Å². The number of carbonyl (C=O) groups is 1. The van der Waals surface area contributed by atoms with E-state index in [1.807, 2.05) is 6.07 Å². The molecular weight excluding hydrogens is 609 g/mol. The summed E-state index contributed by atoms with van der Waals surface area (Å²) in [5.41, 5.74) is 1.33. The fraction of sp³-hybridized carbons (Fsp3) is 0.769. The zero-order valence-electron chi connectivity index (χ0n) is 30.3. The number of benzene rings is 1. The summed E-state index contributed by atoms with van der Waals surface area (Å²) in [6, 6.07) is 8.51. The van der Waals surface area contributed by atoms with E-state index >= 15 is 0 Å². The Labute approximate surface area is 286 Å². The minimum Gasteiger partial charge on any atom is -0.493 e. The van der Waals surface area contributed by atoms with Crippen LogP contribution in [0.1, 0.15) is 117 Å². The Hall–Kier alpha value is -1.71. The topological polar surface area (TPSA) is 72.5 Å². The van der Waals surface area contributed by atoms with Crippen LogP contribution in [-0.2, 0) is 34.6 Å². The molecule has 2 saturated heterocycles. The van der Waals surface area contributed by atoms with Crippen molar-refractivity contribution in [3.8, 4) is 5.75 Å². The van der Waals surface area contributed by atoms with Crippen molar-refractivity contribution in [2.45, 2.75) is 161 Å². The first-order valence-corrected chi connectivity index (χ1v) is 21.6. The van der Waals surface area contributed by atoms with Gasteiger partial charge in [0, 0.05) is 37.7 Å². The van der Waals surface area contributed by atoms with Crippen LogP contribution >= 0.6 is 0 Å². The Morgan fingerprint density at radius 2 is 1.72 bits per heavy atom. The maximum Gasteiger partial charge on any atom is 0.199 e. The lowest BCUT2D eigenvalue weighted by atomic mass is 9.88. The third kappa shape index (κ3) is 11.7. The summed E-state index contributed by atoms with van der Waals surface area (Å²) in [5, 5.41) is 0.0505. The molecule has 266 valence electrons. The van der Waals surface area contributed by atoms with Gasteiger partial charge in [-0.2, -0.15) is 0 Å². The Bertz CT molecular complexity index is 1090. The summed E-state index contributed by atoms with van der Waals surface area (Å²) in [7, 11) is -2.12. The molecule has 0 spiro atoms. The van der Waals surface area contributed by atoms with Crippen LogP contribution in [0, 0.1) is 11.8 Å². The van der Waals surface area contributed by atoms with Crippen LogP contribution in [0.25, 0.3) is 0 Å². The van der Waals surface area contributed by atoms with Gasteiger partial charge < -0.3 is 32.9 Å². The molecule has 0 amide bonds. The van der Waals surface area contributed by atoms with E-state index in [4.69, 9.17) is 28.1 Å². The molecule has 0 aromatic heterocycles. The molecule has 6 atom stereocenters. The number of aryl methyl sites for hydroxylation is 1. The van der Waals surface area contributed by atoms with Gasteiger partial charge in [0.2, 0.25) is 0 Å². The van der Waals surface area contributed by atoms with E-state index in [9.17, 15) is 4.79 Å². The highest BCUT2D eigenvalue weighted by Crippen LogP contribution is 2.48. The van der Waals surface area contributed by atoms with Crippen LogP contribution in [0.3, 0.4) is 0 Å². The minimum absolute atomic E-state index is 0.0505. The quantitative estimate of drug-likeness (QED) is 0.0666. The van der Waals surface area contributed by atoms with Crippen molar-refractivity contribution in [3.63, 3.8) is 0 Å². The second-order valence-electron chi connectivity index (χ2n) is 15.3. The van der Waals surface area contributed by atoms with Gasteiger partial charge >= 0.3 is 0 Å². The molecule has 1 aliphatic carbocycles. The minimum atomic E-state index is -2.12. The first kappa shape index (κ1) is 38.1. The molecule has 2 heterocycles. The van der Waals surface area contributed by atoms with Gasteiger partial charge in [0.15, 0.2) is 20.9 Å². The molecule has 7 nitrogen and oxygen atoms in total. The second kappa shape index (κ2) is 18.9. The number of carbonyl (C=O) groups excluding carboxylic acids is 1. The van der Waals surface area contributed by atoms with E-state index in [0.717, 1.165) is 69.3 Å². The van der Waals surface area contributed by atoms with Crippen molar-refractivity contribution < 1.29 is 32.9 Å². The van der Waals surface area contributed by atoms with Gasteiger partial charge in [-0.05, 0) is 93.3 Å². The molecule has 0 N–H and O–H groups in total. The SMILES string of the molecule is CCCCCCc1cccc(OCC/C=C(/OC2CCCCO2)[C@@H]2[C@H](CC=O)[C@H](O[Si](C)(C)C(C)(C)C)C[C@@H]2OC2CCCCO2)c1. The smallest absolute Gasteiger partial charge is 0.199 e. The summed E-state index contributed by atoms with van der Waals surface area (Å²) in [6.07, 6.45) is 16.3. The average Bonchev–Trinajstić information content (AvgIpc) is 3.36. The van der Waals surface area contributed by atoms with Crippen molar-refractivity contribution in [1.29, 1.82) is 0 Å². The number of ether oxygens (including phenoxy) is 5. The largest absolute Gasteiger partial charge is 0.493 e. The second-order valence-corrected chi connectivity index (χ2v) is 20.1. The Balaban J connectivity index is 1.55.